The summed E-state index contributed by atoms with van der Waals surface area (Å²) < 4.78 is 12.4. The SMILES string of the molecule is CCOc1cc(/C=C2/C(=O)N(c3ccccc3)N=C2C)cc(Br)c1OCc1cccc([N+](=O)[O-])c1. The number of non-ortho nitro benzene ring substituents is 1. The Balaban J connectivity index is 1.60. The first kappa shape index (κ1) is 24.2. The fourth-order valence-electron chi connectivity index (χ4n) is 3.58. The highest BCUT2D eigenvalue weighted by Crippen LogP contribution is 2.38. The molecule has 9 heteroatoms. The summed E-state index contributed by atoms with van der Waals surface area (Å²) in [6.07, 6.45) is 1.77. The van der Waals surface area contributed by atoms with Crippen LogP contribution in [-0.4, -0.2) is 23.1 Å². The number of nitro benzene ring substituents is 1. The van der Waals surface area contributed by atoms with Gasteiger partial charge in [-0.25, -0.2) is 0 Å². The number of ether oxygens (including phenoxy) is 2. The van der Waals surface area contributed by atoms with Crippen LogP contribution in [0.4, 0.5) is 11.4 Å². The maximum absolute atomic E-state index is 13.0. The van der Waals surface area contributed by atoms with Crippen LogP contribution in [0.5, 0.6) is 11.5 Å². The summed E-state index contributed by atoms with van der Waals surface area (Å²) in [6, 6.07) is 19.1. The number of carbonyl (C=O) groups excluding carboxylic acids is 1. The highest BCUT2D eigenvalue weighted by molar-refractivity contribution is 9.10. The molecular formula is C26H22BrN3O5. The topological polar surface area (TPSA) is 94.3 Å². The van der Waals surface area contributed by atoms with Gasteiger partial charge in [-0.2, -0.15) is 10.1 Å². The predicted octanol–water partition coefficient (Wildman–Crippen LogP) is 6.14. The molecule has 0 atom stereocenters. The normalized spacial score (nSPS) is 14.3. The van der Waals surface area contributed by atoms with Crippen LogP contribution in [0.3, 0.4) is 0 Å². The zero-order valence-electron chi connectivity index (χ0n) is 19.1. The van der Waals surface area contributed by atoms with Crippen molar-refractivity contribution in [3.05, 3.63) is 98.0 Å². The maximum atomic E-state index is 13.0. The highest BCUT2D eigenvalue weighted by atomic mass is 79.9. The van der Waals surface area contributed by atoms with Gasteiger partial charge in [-0.15, -0.1) is 0 Å². The Morgan fingerprint density at radius 1 is 1.09 bits per heavy atom. The third-order valence-corrected chi connectivity index (χ3v) is 5.80. The number of nitrogens with zero attached hydrogens (tertiary/aromatic N) is 3. The number of hydrogen-bond donors (Lipinski definition) is 0. The largest absolute Gasteiger partial charge is 0.490 e. The Morgan fingerprint density at radius 3 is 2.57 bits per heavy atom. The second-order valence-corrected chi connectivity index (χ2v) is 8.53. The van der Waals surface area contributed by atoms with Gasteiger partial charge in [0.05, 0.1) is 33.0 Å². The van der Waals surface area contributed by atoms with Crippen LogP contribution in [0, 0.1) is 10.1 Å². The lowest BCUT2D eigenvalue weighted by molar-refractivity contribution is -0.384. The zero-order valence-corrected chi connectivity index (χ0v) is 20.7. The van der Waals surface area contributed by atoms with Gasteiger partial charge >= 0.3 is 0 Å². The van der Waals surface area contributed by atoms with Gasteiger partial charge < -0.3 is 9.47 Å². The fourth-order valence-corrected chi connectivity index (χ4v) is 4.16. The van der Waals surface area contributed by atoms with Crippen molar-refractivity contribution in [2.24, 2.45) is 5.10 Å². The first-order valence-corrected chi connectivity index (χ1v) is 11.7. The zero-order chi connectivity index (χ0) is 24.9. The third kappa shape index (κ3) is 5.41. The van der Waals surface area contributed by atoms with Gasteiger partial charge in [-0.1, -0.05) is 30.3 Å². The standard InChI is InChI=1S/C26H22BrN3O5/c1-3-34-24-15-19(13-22-17(2)28-29(26(22)31)20-9-5-4-6-10-20)14-23(27)25(24)35-16-18-8-7-11-21(12-18)30(32)33/h4-15H,3,16H2,1-2H3/b22-13+. The molecule has 3 aromatic carbocycles. The van der Waals surface area contributed by atoms with Crippen molar-refractivity contribution in [2.75, 3.05) is 11.6 Å². The summed E-state index contributed by atoms with van der Waals surface area (Å²) in [6.45, 7) is 4.18. The minimum atomic E-state index is -0.443. The van der Waals surface area contributed by atoms with E-state index in [1.807, 2.05) is 43.3 Å². The molecule has 178 valence electrons. The molecule has 0 radical (unpaired) electrons. The molecule has 1 amide bonds. The summed E-state index contributed by atoms with van der Waals surface area (Å²) in [4.78, 5) is 23.6. The number of hydrogen-bond acceptors (Lipinski definition) is 6. The number of nitro groups is 1. The van der Waals surface area contributed by atoms with Gasteiger partial charge in [-0.05, 0) is 71.2 Å². The highest BCUT2D eigenvalue weighted by Gasteiger charge is 2.28. The molecule has 8 nitrogen and oxygen atoms in total. The number of halogens is 1. The molecule has 0 N–H and O–H groups in total. The molecule has 1 aliphatic rings. The van der Waals surface area contributed by atoms with E-state index in [0.29, 0.717) is 45.1 Å². The third-order valence-electron chi connectivity index (χ3n) is 5.21. The van der Waals surface area contributed by atoms with E-state index in [0.717, 1.165) is 5.56 Å². The number of benzene rings is 3. The lowest BCUT2D eigenvalue weighted by atomic mass is 10.1. The molecule has 1 heterocycles. The number of amides is 1. The van der Waals surface area contributed by atoms with Crippen LogP contribution in [-0.2, 0) is 11.4 Å². The molecule has 0 bridgehead atoms. The van der Waals surface area contributed by atoms with Crippen molar-refractivity contribution >= 4 is 45.0 Å². The van der Waals surface area contributed by atoms with Gasteiger partial charge in [-0.3, -0.25) is 14.9 Å². The van der Waals surface area contributed by atoms with Crippen LogP contribution in [0.15, 0.2) is 81.9 Å². The average Bonchev–Trinajstić information content (AvgIpc) is 3.13. The first-order valence-electron chi connectivity index (χ1n) is 10.9. The van der Waals surface area contributed by atoms with E-state index in [2.05, 4.69) is 21.0 Å². The van der Waals surface area contributed by atoms with Crippen molar-refractivity contribution in [1.82, 2.24) is 0 Å². The van der Waals surface area contributed by atoms with E-state index in [1.54, 1.807) is 31.2 Å². The molecule has 0 aliphatic carbocycles. The number of hydrazone groups is 1. The van der Waals surface area contributed by atoms with Gasteiger partial charge in [0.15, 0.2) is 11.5 Å². The molecule has 0 fully saturated rings. The smallest absolute Gasteiger partial charge is 0.280 e. The Labute approximate surface area is 210 Å². The molecule has 35 heavy (non-hydrogen) atoms. The summed E-state index contributed by atoms with van der Waals surface area (Å²) in [7, 11) is 0. The Bertz CT molecular complexity index is 1340. The average molecular weight is 536 g/mol. The minimum absolute atomic E-state index is 0.0000172. The number of rotatable bonds is 8. The summed E-state index contributed by atoms with van der Waals surface area (Å²) in [5.74, 6) is 0.738. The van der Waals surface area contributed by atoms with Crippen molar-refractivity contribution in [1.29, 1.82) is 0 Å². The number of para-hydroxylation sites is 1. The lowest BCUT2D eigenvalue weighted by Gasteiger charge is -2.15. The quantitative estimate of drug-likeness (QED) is 0.196. The fraction of sp³-hybridized carbons (Fsp3) is 0.154. The van der Waals surface area contributed by atoms with Gasteiger partial charge in [0.25, 0.3) is 11.6 Å². The Kier molecular flexibility index (Phi) is 7.26. The molecular weight excluding hydrogens is 514 g/mol. The predicted molar refractivity (Wildman–Crippen MR) is 138 cm³/mol. The second-order valence-electron chi connectivity index (χ2n) is 7.67. The van der Waals surface area contributed by atoms with E-state index in [9.17, 15) is 14.9 Å². The maximum Gasteiger partial charge on any atom is 0.280 e. The Hall–Kier alpha value is -3.98. The first-order chi connectivity index (χ1) is 16.9. The van der Waals surface area contributed by atoms with Crippen molar-refractivity contribution in [2.45, 2.75) is 20.5 Å². The number of carbonyl (C=O) groups is 1. The van der Waals surface area contributed by atoms with E-state index < -0.39 is 4.92 Å². The summed E-state index contributed by atoms with van der Waals surface area (Å²) >= 11 is 3.54. The van der Waals surface area contributed by atoms with Crippen LogP contribution in [0.1, 0.15) is 25.0 Å². The van der Waals surface area contributed by atoms with E-state index >= 15 is 0 Å². The van der Waals surface area contributed by atoms with Crippen LogP contribution in [0.25, 0.3) is 6.08 Å². The van der Waals surface area contributed by atoms with E-state index in [-0.39, 0.29) is 18.2 Å². The van der Waals surface area contributed by atoms with Crippen LogP contribution in [0.2, 0.25) is 0 Å². The molecule has 1 aliphatic heterocycles. The second kappa shape index (κ2) is 10.5. The van der Waals surface area contributed by atoms with Gasteiger partial charge in [0.2, 0.25) is 0 Å². The molecule has 0 spiro atoms. The van der Waals surface area contributed by atoms with Gasteiger partial charge in [0.1, 0.15) is 6.61 Å². The van der Waals surface area contributed by atoms with E-state index in [4.69, 9.17) is 9.47 Å². The molecule has 0 saturated carbocycles. The van der Waals surface area contributed by atoms with Crippen LogP contribution >= 0.6 is 15.9 Å². The Morgan fingerprint density at radius 2 is 1.86 bits per heavy atom. The summed E-state index contributed by atoms with van der Waals surface area (Å²) in [5.41, 5.74) is 3.17. The molecule has 3 aromatic rings. The van der Waals surface area contributed by atoms with Gasteiger partial charge in [0, 0.05) is 12.1 Å². The molecule has 0 aromatic heterocycles. The summed E-state index contributed by atoms with van der Waals surface area (Å²) in [5, 5.41) is 16.8. The number of anilines is 1. The molecule has 4 rings (SSSR count). The lowest BCUT2D eigenvalue weighted by Crippen LogP contribution is -2.21. The van der Waals surface area contributed by atoms with E-state index in [1.165, 1.54) is 17.1 Å². The van der Waals surface area contributed by atoms with Crippen LogP contribution < -0.4 is 14.5 Å². The molecule has 0 saturated heterocycles. The monoisotopic (exact) mass is 535 g/mol. The van der Waals surface area contributed by atoms with Crippen molar-refractivity contribution in [3.63, 3.8) is 0 Å². The van der Waals surface area contributed by atoms with Crippen molar-refractivity contribution in [3.8, 4) is 11.5 Å². The van der Waals surface area contributed by atoms with Crippen molar-refractivity contribution < 1.29 is 19.2 Å². The minimum Gasteiger partial charge on any atom is -0.490 e. The molecule has 0 unspecified atom stereocenters.